The first-order chi connectivity index (χ1) is 19.2. The van der Waals surface area contributed by atoms with Gasteiger partial charge in [-0.15, -0.1) is 22.7 Å². The van der Waals surface area contributed by atoms with Gasteiger partial charge >= 0.3 is 33.3 Å². The summed E-state index contributed by atoms with van der Waals surface area (Å²) in [5.41, 5.74) is 10.7. The Morgan fingerprint density at radius 2 is 1.12 bits per heavy atom. The van der Waals surface area contributed by atoms with E-state index in [4.69, 9.17) is 39.5 Å². The quantitative estimate of drug-likeness (QED) is 0.134. The van der Waals surface area contributed by atoms with E-state index < -0.39 is 0 Å². The van der Waals surface area contributed by atoms with Crippen molar-refractivity contribution in [2.75, 3.05) is 0 Å². The molecule has 0 aliphatic rings. The van der Waals surface area contributed by atoms with Crippen LogP contribution >= 0.6 is 54.4 Å². The molecule has 0 unspecified atom stereocenters. The summed E-state index contributed by atoms with van der Waals surface area (Å²) in [6, 6.07) is 17.0. The summed E-state index contributed by atoms with van der Waals surface area (Å²) in [7, 11) is 9.53. The van der Waals surface area contributed by atoms with Crippen LogP contribution in [0.15, 0.2) is 69.3 Å². The van der Waals surface area contributed by atoms with Crippen LogP contribution in [0, 0.1) is 41.5 Å². The Kier molecular flexibility index (Phi) is 10.9. The van der Waals surface area contributed by atoms with Gasteiger partial charge in [0.05, 0.1) is 21.1 Å². The number of halogens is 2. The molecule has 0 aliphatic heterocycles. The summed E-state index contributed by atoms with van der Waals surface area (Å²) >= 11 is 4.88. The van der Waals surface area contributed by atoms with E-state index >= 15 is 0 Å². The number of aliphatic imine (C=N–C) groups is 2. The van der Waals surface area contributed by atoms with Crippen LogP contribution in [0.4, 0.5) is 11.4 Å². The van der Waals surface area contributed by atoms with Gasteiger partial charge in [0.15, 0.2) is 10.8 Å². The summed E-state index contributed by atoms with van der Waals surface area (Å²) in [5.74, 6) is 0.628. The maximum absolute atomic E-state index is 5.17. The van der Waals surface area contributed by atoms with E-state index in [9.17, 15) is 0 Å². The maximum atomic E-state index is 5.17. The van der Waals surface area contributed by atoms with Crippen molar-refractivity contribution in [3.05, 3.63) is 113 Å². The second-order valence-electron chi connectivity index (χ2n) is 9.34. The minimum atomic E-state index is 0.194. The third-order valence-electron chi connectivity index (χ3n) is 6.07. The first kappa shape index (κ1) is 30.8. The van der Waals surface area contributed by atoms with E-state index in [0.717, 1.165) is 59.8 Å². The average molecular weight is 668 g/mol. The molecule has 208 valence electrons. The first-order valence-corrected chi connectivity index (χ1v) is 17.9. The standard InChI is InChI=1S/C30H28N4S3.2ClH.Fe/c1-17-13-19(3)25(20(4)14-17)31-27(23-9-7-11-35-23)29-33-30(37-34-29)28(24-10-8-12-36-24)32-26-21(5)15-18(2)16-22(26)6;;;/h7-16H,1-6H3;2*1H;/q;;;+2/p-2. The normalized spacial score (nSPS) is 12.0. The van der Waals surface area contributed by atoms with E-state index in [1.807, 2.05) is 12.1 Å². The van der Waals surface area contributed by atoms with Crippen LogP contribution in [0.3, 0.4) is 0 Å². The molecule has 2 aromatic carbocycles. The predicted molar refractivity (Wildman–Crippen MR) is 172 cm³/mol. The number of hydrogen-bond acceptors (Lipinski definition) is 7. The van der Waals surface area contributed by atoms with Crippen molar-refractivity contribution in [2.24, 2.45) is 9.98 Å². The van der Waals surface area contributed by atoms with Crippen LogP contribution in [0.2, 0.25) is 0 Å². The zero-order valence-corrected chi connectivity index (χ0v) is 28.0. The Balaban J connectivity index is 0.00000118. The van der Waals surface area contributed by atoms with Gasteiger partial charge < -0.3 is 0 Å². The number of aryl methyl sites for hydroxylation is 6. The van der Waals surface area contributed by atoms with Gasteiger partial charge in [-0.3, -0.25) is 0 Å². The third-order valence-corrected chi connectivity index (χ3v) is 8.54. The molecule has 0 saturated heterocycles. The van der Waals surface area contributed by atoms with Crippen molar-refractivity contribution in [3.8, 4) is 0 Å². The van der Waals surface area contributed by atoms with Gasteiger partial charge in [-0.2, -0.15) is 4.37 Å². The van der Waals surface area contributed by atoms with E-state index in [1.54, 1.807) is 22.7 Å². The van der Waals surface area contributed by atoms with Gasteiger partial charge in [0.2, 0.25) is 0 Å². The van der Waals surface area contributed by atoms with Crippen molar-refractivity contribution < 1.29 is 13.1 Å². The van der Waals surface area contributed by atoms with Gasteiger partial charge in [-0.1, -0.05) is 47.5 Å². The van der Waals surface area contributed by atoms with Gasteiger partial charge in [0.25, 0.3) is 0 Å². The molecule has 0 spiro atoms. The Bertz CT molecular complexity index is 1490. The molecule has 0 bridgehead atoms. The molecule has 10 heteroatoms. The van der Waals surface area contributed by atoms with Crippen LogP contribution in [-0.2, 0) is 13.1 Å². The molecule has 0 fully saturated rings. The minimum absolute atomic E-state index is 0.194. The van der Waals surface area contributed by atoms with Crippen LogP contribution in [0.1, 0.15) is 54.0 Å². The fourth-order valence-corrected chi connectivity index (χ4v) is 6.75. The molecule has 0 aliphatic carbocycles. The molecule has 0 atom stereocenters. The van der Waals surface area contributed by atoms with Crippen LogP contribution in [0.25, 0.3) is 0 Å². The van der Waals surface area contributed by atoms with Crippen LogP contribution in [-0.4, -0.2) is 20.8 Å². The fraction of sp³-hybridized carbons (Fsp3) is 0.200. The summed E-state index contributed by atoms with van der Waals surface area (Å²) < 4.78 is 4.81. The number of rotatable bonds is 6. The molecule has 0 N–H and O–H groups in total. The van der Waals surface area contributed by atoms with E-state index in [2.05, 4.69) is 88.7 Å². The summed E-state index contributed by atoms with van der Waals surface area (Å²) in [4.78, 5) is 17.5. The molecule has 3 heterocycles. The molecule has 0 saturated carbocycles. The molecule has 0 amide bonds. The van der Waals surface area contributed by atoms with Gasteiger partial charge in [0.1, 0.15) is 11.4 Å². The third kappa shape index (κ3) is 7.37. The van der Waals surface area contributed by atoms with E-state index in [-0.39, 0.29) is 13.1 Å². The monoisotopic (exact) mass is 666 g/mol. The van der Waals surface area contributed by atoms with E-state index in [1.165, 1.54) is 22.7 Å². The van der Waals surface area contributed by atoms with Gasteiger partial charge in [-0.25, -0.2) is 15.0 Å². The first-order valence-electron chi connectivity index (χ1n) is 12.3. The average Bonchev–Trinajstić information content (AvgIpc) is 3.67. The number of hydrogen-bond donors (Lipinski definition) is 0. The van der Waals surface area contributed by atoms with Gasteiger partial charge in [-0.05, 0) is 98.2 Å². The molecule has 3 aromatic heterocycles. The SMILES string of the molecule is Cc1cc(C)c(N=C(c2nsc(C(=Nc3c(C)cc(C)cc3C)c3cccs3)n2)c2cccs2)c(C)c1.[Cl][Fe][Cl]. The van der Waals surface area contributed by atoms with Crippen molar-refractivity contribution in [2.45, 2.75) is 41.5 Å². The molecule has 5 rings (SSSR count). The van der Waals surface area contributed by atoms with Crippen molar-refractivity contribution in [3.63, 3.8) is 0 Å². The summed E-state index contributed by atoms with van der Waals surface area (Å²) in [5, 5.41) is 4.93. The fourth-order valence-electron chi connectivity index (χ4n) is 4.59. The number of thiophene rings is 2. The Hall–Kier alpha value is -2.16. The van der Waals surface area contributed by atoms with E-state index in [0.29, 0.717) is 5.82 Å². The summed E-state index contributed by atoms with van der Waals surface area (Å²) in [6.07, 6.45) is 0. The molecule has 0 radical (unpaired) electrons. The van der Waals surface area contributed by atoms with Crippen molar-refractivity contribution in [1.29, 1.82) is 0 Å². The second-order valence-corrected chi connectivity index (χ2v) is 13.8. The zero-order chi connectivity index (χ0) is 28.8. The topological polar surface area (TPSA) is 50.5 Å². The second kappa shape index (κ2) is 14.1. The van der Waals surface area contributed by atoms with Crippen LogP contribution in [0.5, 0.6) is 0 Å². The molecule has 40 heavy (non-hydrogen) atoms. The Labute approximate surface area is 262 Å². The van der Waals surface area contributed by atoms with Gasteiger partial charge in [0, 0.05) is 0 Å². The zero-order valence-electron chi connectivity index (χ0n) is 22.9. The van der Waals surface area contributed by atoms with Crippen molar-refractivity contribution >= 4 is 77.2 Å². The molecular formula is C30H28Cl2FeN4S3. The molecule has 5 aromatic rings. The Morgan fingerprint density at radius 3 is 1.55 bits per heavy atom. The number of benzene rings is 2. The van der Waals surface area contributed by atoms with Crippen molar-refractivity contribution in [1.82, 2.24) is 9.36 Å². The molecule has 4 nitrogen and oxygen atoms in total. The number of nitrogens with zero attached hydrogens (tertiary/aromatic N) is 4. The molecular weight excluding hydrogens is 639 g/mol. The summed E-state index contributed by atoms with van der Waals surface area (Å²) in [6.45, 7) is 12.7. The Morgan fingerprint density at radius 1 is 0.700 bits per heavy atom. The number of aromatic nitrogens is 2. The predicted octanol–water partition coefficient (Wildman–Crippen LogP) is 10.2. The van der Waals surface area contributed by atoms with Crippen LogP contribution < -0.4 is 0 Å².